The normalized spacial score (nSPS) is 12.7. The summed E-state index contributed by atoms with van der Waals surface area (Å²) in [4.78, 5) is 10.2. The summed E-state index contributed by atoms with van der Waals surface area (Å²) in [5, 5.41) is 8.44. The number of carbonyl (C=O) groups excluding carboxylic acids is 1. The molecule has 0 aliphatic heterocycles. The molecule has 3 nitrogen and oxygen atoms in total. The third-order valence-corrected chi connectivity index (χ3v) is 0.950. The van der Waals surface area contributed by atoms with Crippen molar-refractivity contribution in [2.45, 2.75) is 6.92 Å². The van der Waals surface area contributed by atoms with Crippen LogP contribution in [-0.4, -0.2) is 31.0 Å². The van der Waals surface area contributed by atoms with Crippen LogP contribution in [0.25, 0.3) is 0 Å². The number of aliphatic hydroxyl groups excluding tert-OH is 1. The Morgan fingerprint density at radius 2 is 2.40 bits per heavy atom. The van der Waals surface area contributed by atoms with Gasteiger partial charge in [0.15, 0.2) is 6.67 Å². The van der Waals surface area contributed by atoms with Crippen LogP contribution >= 0.6 is 0 Å². The number of halogens is 1. The van der Waals surface area contributed by atoms with Crippen molar-refractivity contribution in [3.8, 4) is 0 Å². The predicted octanol–water partition coefficient (Wildman–Crippen LogP) is 0.127. The lowest BCUT2D eigenvalue weighted by Crippen LogP contribution is -2.15. The van der Waals surface area contributed by atoms with Crippen LogP contribution in [0.15, 0.2) is 0 Å². The first kappa shape index (κ1) is 9.36. The predicted molar refractivity (Wildman–Crippen MR) is 33.2 cm³/mol. The molecule has 1 N–H and O–H groups in total. The maximum Gasteiger partial charge on any atom is 0.337 e. The molecule has 0 aliphatic rings. The van der Waals surface area contributed by atoms with E-state index in [1.165, 1.54) is 0 Å². The van der Waals surface area contributed by atoms with Crippen LogP contribution in [-0.2, 0) is 9.53 Å². The first-order valence-corrected chi connectivity index (χ1v) is 3.03. The van der Waals surface area contributed by atoms with Crippen molar-refractivity contribution >= 4 is 5.97 Å². The standard InChI is InChI=1S/C6H11FO3/c1-5(3-8)4-10-6(9)2-7/h5,8H,2-4H2,1H3. The number of esters is 1. The van der Waals surface area contributed by atoms with Crippen molar-refractivity contribution in [1.29, 1.82) is 0 Å². The Morgan fingerprint density at radius 1 is 1.80 bits per heavy atom. The molecular formula is C6H11FO3. The molecule has 0 fully saturated rings. The van der Waals surface area contributed by atoms with Crippen molar-refractivity contribution in [3.63, 3.8) is 0 Å². The van der Waals surface area contributed by atoms with Gasteiger partial charge in [-0.05, 0) is 0 Å². The molecule has 0 aromatic heterocycles. The summed E-state index contributed by atoms with van der Waals surface area (Å²) in [6.07, 6.45) is 0. The molecule has 0 heterocycles. The highest BCUT2D eigenvalue weighted by Crippen LogP contribution is 1.93. The van der Waals surface area contributed by atoms with Gasteiger partial charge in [-0.1, -0.05) is 6.92 Å². The third kappa shape index (κ3) is 4.26. The SMILES string of the molecule is CC(CO)COC(=O)CF. The number of hydrogen-bond donors (Lipinski definition) is 1. The largest absolute Gasteiger partial charge is 0.463 e. The molecule has 4 heteroatoms. The molecule has 0 aromatic rings. The Labute approximate surface area is 58.8 Å². The smallest absolute Gasteiger partial charge is 0.337 e. The molecule has 0 rings (SSSR count). The molecule has 0 amide bonds. The zero-order chi connectivity index (χ0) is 7.98. The van der Waals surface area contributed by atoms with Gasteiger partial charge in [0.25, 0.3) is 0 Å². The summed E-state index contributed by atoms with van der Waals surface area (Å²) >= 11 is 0. The van der Waals surface area contributed by atoms with Crippen molar-refractivity contribution in [2.24, 2.45) is 5.92 Å². The summed E-state index contributed by atoms with van der Waals surface area (Å²) < 4.78 is 15.8. The fourth-order valence-electron chi connectivity index (χ4n) is 0.326. The van der Waals surface area contributed by atoms with Crippen molar-refractivity contribution in [2.75, 3.05) is 19.9 Å². The molecule has 10 heavy (non-hydrogen) atoms. The van der Waals surface area contributed by atoms with Crippen LogP contribution in [0.3, 0.4) is 0 Å². The quantitative estimate of drug-likeness (QED) is 0.579. The first-order chi connectivity index (χ1) is 4.70. The van der Waals surface area contributed by atoms with Crippen molar-refractivity contribution in [3.05, 3.63) is 0 Å². The number of hydrogen-bond acceptors (Lipinski definition) is 3. The highest BCUT2D eigenvalue weighted by molar-refractivity contribution is 5.70. The van der Waals surface area contributed by atoms with Gasteiger partial charge in [-0.15, -0.1) is 0 Å². The Bertz CT molecular complexity index is 105. The molecule has 0 aliphatic carbocycles. The number of ether oxygens (including phenoxy) is 1. The average Bonchev–Trinajstić information content (AvgIpc) is 1.99. The molecule has 0 bridgehead atoms. The van der Waals surface area contributed by atoms with Crippen LogP contribution in [0.1, 0.15) is 6.92 Å². The van der Waals surface area contributed by atoms with Gasteiger partial charge < -0.3 is 9.84 Å². The number of rotatable bonds is 4. The number of aliphatic hydroxyl groups is 1. The van der Waals surface area contributed by atoms with Gasteiger partial charge in [-0.2, -0.15) is 0 Å². The van der Waals surface area contributed by atoms with Crippen LogP contribution in [0, 0.1) is 5.92 Å². The fraction of sp³-hybridized carbons (Fsp3) is 0.833. The lowest BCUT2D eigenvalue weighted by atomic mass is 10.2. The van der Waals surface area contributed by atoms with Gasteiger partial charge in [-0.3, -0.25) is 0 Å². The van der Waals surface area contributed by atoms with E-state index in [1.54, 1.807) is 6.92 Å². The third-order valence-electron chi connectivity index (χ3n) is 0.950. The van der Waals surface area contributed by atoms with E-state index in [2.05, 4.69) is 4.74 Å². The lowest BCUT2D eigenvalue weighted by molar-refractivity contribution is -0.146. The molecule has 0 saturated heterocycles. The van der Waals surface area contributed by atoms with E-state index in [1.807, 2.05) is 0 Å². The summed E-state index contributed by atoms with van der Waals surface area (Å²) in [6, 6.07) is 0. The molecule has 1 atom stereocenters. The highest BCUT2D eigenvalue weighted by Gasteiger charge is 2.04. The summed E-state index contributed by atoms with van der Waals surface area (Å²) in [5.74, 6) is -0.990. The van der Waals surface area contributed by atoms with E-state index < -0.39 is 12.6 Å². The Kier molecular flexibility index (Phi) is 4.84. The Hall–Kier alpha value is -0.640. The van der Waals surface area contributed by atoms with E-state index in [0.29, 0.717) is 0 Å². The Balaban J connectivity index is 3.26. The van der Waals surface area contributed by atoms with Crippen LogP contribution in [0.5, 0.6) is 0 Å². The Morgan fingerprint density at radius 3 is 2.80 bits per heavy atom. The summed E-state index contributed by atoms with van der Waals surface area (Å²) in [5.41, 5.74) is 0. The minimum absolute atomic E-state index is 0.0560. The molecule has 0 radical (unpaired) electrons. The van der Waals surface area contributed by atoms with Gasteiger partial charge in [0.2, 0.25) is 0 Å². The van der Waals surface area contributed by atoms with Gasteiger partial charge in [0.1, 0.15) is 0 Å². The molecule has 60 valence electrons. The molecule has 0 aromatic carbocycles. The fourth-order valence-corrected chi connectivity index (χ4v) is 0.326. The van der Waals surface area contributed by atoms with Gasteiger partial charge >= 0.3 is 5.97 Å². The lowest BCUT2D eigenvalue weighted by Gasteiger charge is -2.06. The van der Waals surface area contributed by atoms with E-state index in [0.717, 1.165) is 0 Å². The second kappa shape index (κ2) is 5.17. The molecule has 0 spiro atoms. The van der Waals surface area contributed by atoms with Gasteiger partial charge in [0, 0.05) is 12.5 Å². The maximum absolute atomic E-state index is 11.4. The highest BCUT2D eigenvalue weighted by atomic mass is 19.1. The van der Waals surface area contributed by atoms with E-state index in [9.17, 15) is 9.18 Å². The average molecular weight is 150 g/mol. The zero-order valence-corrected chi connectivity index (χ0v) is 5.84. The van der Waals surface area contributed by atoms with Crippen molar-refractivity contribution in [1.82, 2.24) is 0 Å². The second-order valence-corrected chi connectivity index (χ2v) is 2.10. The molecular weight excluding hydrogens is 139 g/mol. The second-order valence-electron chi connectivity index (χ2n) is 2.10. The van der Waals surface area contributed by atoms with Crippen molar-refractivity contribution < 1.29 is 19.0 Å². The molecule has 1 unspecified atom stereocenters. The zero-order valence-electron chi connectivity index (χ0n) is 5.84. The van der Waals surface area contributed by atoms with Gasteiger partial charge in [0.05, 0.1) is 6.61 Å². The molecule has 0 saturated carbocycles. The summed E-state index contributed by atoms with van der Waals surface area (Å²) in [6.45, 7) is 0.627. The maximum atomic E-state index is 11.4. The van der Waals surface area contributed by atoms with Gasteiger partial charge in [-0.25, -0.2) is 9.18 Å². The van der Waals surface area contributed by atoms with E-state index >= 15 is 0 Å². The summed E-state index contributed by atoms with van der Waals surface area (Å²) in [7, 11) is 0. The van der Waals surface area contributed by atoms with E-state index in [4.69, 9.17) is 5.11 Å². The minimum Gasteiger partial charge on any atom is -0.463 e. The minimum atomic E-state index is -1.10. The van der Waals surface area contributed by atoms with E-state index in [-0.39, 0.29) is 19.1 Å². The van der Waals surface area contributed by atoms with Crippen LogP contribution in [0.2, 0.25) is 0 Å². The van der Waals surface area contributed by atoms with Crippen LogP contribution in [0.4, 0.5) is 4.39 Å². The monoisotopic (exact) mass is 150 g/mol. The number of alkyl halides is 1. The topological polar surface area (TPSA) is 46.5 Å². The van der Waals surface area contributed by atoms with Crippen LogP contribution < -0.4 is 0 Å². The number of carbonyl (C=O) groups is 1. The first-order valence-electron chi connectivity index (χ1n) is 3.03.